The zero-order valence-electron chi connectivity index (χ0n) is 11.9. The van der Waals surface area contributed by atoms with E-state index in [2.05, 4.69) is 20.7 Å². The van der Waals surface area contributed by atoms with Gasteiger partial charge in [-0.25, -0.2) is 13.1 Å². The Morgan fingerprint density at radius 2 is 2.24 bits per heavy atom. The quantitative estimate of drug-likeness (QED) is 0.794. The van der Waals surface area contributed by atoms with Crippen LogP contribution in [0.15, 0.2) is 21.5 Å². The van der Waals surface area contributed by atoms with Gasteiger partial charge in [0.15, 0.2) is 0 Å². The number of hydrogen-bond donors (Lipinski definition) is 2. The van der Waals surface area contributed by atoms with Crippen LogP contribution >= 0.6 is 15.9 Å². The van der Waals surface area contributed by atoms with Gasteiger partial charge in [-0.1, -0.05) is 15.9 Å². The molecule has 7 heteroatoms. The number of aliphatic hydroxyl groups is 1. The van der Waals surface area contributed by atoms with Crippen LogP contribution in [0.3, 0.4) is 0 Å². The van der Waals surface area contributed by atoms with Crippen LogP contribution < -0.4 is 4.72 Å². The Bertz CT molecular complexity index is 597. The van der Waals surface area contributed by atoms with E-state index in [0.717, 1.165) is 19.4 Å². The molecule has 1 aromatic rings. The molecule has 2 N–H and O–H groups in total. The van der Waals surface area contributed by atoms with Crippen LogP contribution in [0.1, 0.15) is 24.0 Å². The second kappa shape index (κ2) is 7.19. The zero-order chi connectivity index (χ0) is 15.5. The van der Waals surface area contributed by atoms with Crippen LogP contribution in [0.4, 0.5) is 0 Å². The van der Waals surface area contributed by atoms with Crippen molar-refractivity contribution in [2.45, 2.75) is 31.3 Å². The fourth-order valence-electron chi connectivity index (χ4n) is 2.36. The van der Waals surface area contributed by atoms with Crippen molar-refractivity contribution in [1.29, 1.82) is 0 Å². The van der Waals surface area contributed by atoms with Gasteiger partial charge in [0.05, 0.1) is 11.5 Å². The minimum atomic E-state index is -3.57. The average molecular weight is 378 g/mol. The third kappa shape index (κ3) is 4.26. The summed E-state index contributed by atoms with van der Waals surface area (Å²) in [6.07, 6.45) is 1.77. The first-order valence-electron chi connectivity index (χ1n) is 6.91. The molecular weight excluding hydrogens is 358 g/mol. The van der Waals surface area contributed by atoms with E-state index in [9.17, 15) is 13.5 Å². The molecule has 2 rings (SSSR count). The molecule has 1 aromatic carbocycles. The van der Waals surface area contributed by atoms with Gasteiger partial charge in [-0.3, -0.25) is 0 Å². The molecular formula is C14H20BrNO4S. The highest BCUT2D eigenvalue weighted by Gasteiger charge is 2.21. The van der Waals surface area contributed by atoms with Crippen LogP contribution in [-0.4, -0.2) is 33.3 Å². The largest absolute Gasteiger partial charge is 0.392 e. The first-order chi connectivity index (χ1) is 9.94. The van der Waals surface area contributed by atoms with E-state index < -0.39 is 10.0 Å². The van der Waals surface area contributed by atoms with Crippen LogP contribution in [0.2, 0.25) is 0 Å². The molecule has 1 unspecified atom stereocenters. The molecule has 1 atom stereocenters. The van der Waals surface area contributed by atoms with E-state index in [4.69, 9.17) is 4.74 Å². The second-order valence-electron chi connectivity index (χ2n) is 5.27. The molecule has 1 fully saturated rings. The maximum absolute atomic E-state index is 12.4. The molecule has 118 valence electrons. The molecule has 5 nitrogen and oxygen atoms in total. The number of ether oxygens (including phenoxy) is 1. The summed E-state index contributed by atoms with van der Waals surface area (Å²) in [5.41, 5.74) is 1.21. The van der Waals surface area contributed by atoms with Crippen molar-refractivity contribution in [1.82, 2.24) is 4.72 Å². The van der Waals surface area contributed by atoms with Crippen molar-refractivity contribution in [3.8, 4) is 0 Å². The highest BCUT2D eigenvalue weighted by atomic mass is 79.9. The fraction of sp³-hybridized carbons (Fsp3) is 0.571. The number of hydrogen-bond acceptors (Lipinski definition) is 4. The molecule has 0 radical (unpaired) electrons. The summed E-state index contributed by atoms with van der Waals surface area (Å²) in [6.45, 7) is 3.43. The molecule has 0 aliphatic carbocycles. The minimum Gasteiger partial charge on any atom is -0.392 e. The molecule has 0 aromatic heterocycles. The molecule has 1 saturated heterocycles. The Hall–Kier alpha value is -0.470. The van der Waals surface area contributed by atoms with Gasteiger partial charge in [0, 0.05) is 24.2 Å². The average Bonchev–Trinajstić information content (AvgIpc) is 2.94. The summed E-state index contributed by atoms with van der Waals surface area (Å²) >= 11 is 3.33. The zero-order valence-corrected chi connectivity index (χ0v) is 14.3. The van der Waals surface area contributed by atoms with Crippen molar-refractivity contribution in [2.24, 2.45) is 5.92 Å². The van der Waals surface area contributed by atoms with Crippen molar-refractivity contribution in [2.75, 3.05) is 19.8 Å². The Morgan fingerprint density at radius 3 is 2.86 bits per heavy atom. The number of benzene rings is 1. The van der Waals surface area contributed by atoms with E-state index >= 15 is 0 Å². The molecule has 0 bridgehead atoms. The standard InChI is InChI=1S/C14H20BrNO4S/c1-10-13(15)6-12(8-17)7-14(10)21(18,19)16-4-2-11-3-5-20-9-11/h6-7,11,16-17H,2-5,8-9H2,1H3. The number of aliphatic hydroxyl groups excluding tert-OH is 1. The molecule has 1 aliphatic heterocycles. The van der Waals surface area contributed by atoms with Crippen LogP contribution in [0.5, 0.6) is 0 Å². The summed E-state index contributed by atoms with van der Waals surface area (Å²) in [5, 5.41) is 9.21. The Labute approximate surface area is 133 Å². The summed E-state index contributed by atoms with van der Waals surface area (Å²) in [4.78, 5) is 0.212. The molecule has 21 heavy (non-hydrogen) atoms. The Morgan fingerprint density at radius 1 is 1.48 bits per heavy atom. The molecule has 0 spiro atoms. The topological polar surface area (TPSA) is 75.6 Å². The smallest absolute Gasteiger partial charge is 0.240 e. The van der Waals surface area contributed by atoms with Crippen LogP contribution in [-0.2, 0) is 21.4 Å². The van der Waals surface area contributed by atoms with Crippen molar-refractivity contribution < 1.29 is 18.3 Å². The molecule has 1 heterocycles. The second-order valence-corrected chi connectivity index (χ2v) is 7.86. The predicted molar refractivity (Wildman–Crippen MR) is 83.5 cm³/mol. The number of nitrogens with one attached hydrogen (secondary N) is 1. The van der Waals surface area contributed by atoms with E-state index in [-0.39, 0.29) is 11.5 Å². The van der Waals surface area contributed by atoms with E-state index in [1.165, 1.54) is 6.07 Å². The monoisotopic (exact) mass is 377 g/mol. The van der Waals surface area contributed by atoms with Gasteiger partial charge in [-0.15, -0.1) is 0 Å². The number of halogens is 1. The Balaban J connectivity index is 2.09. The molecule has 0 saturated carbocycles. The van der Waals surface area contributed by atoms with Crippen molar-refractivity contribution >= 4 is 26.0 Å². The summed E-state index contributed by atoms with van der Waals surface area (Å²) < 4.78 is 33.4. The normalized spacial score (nSPS) is 19.1. The first kappa shape index (κ1) is 16.9. The van der Waals surface area contributed by atoms with E-state index in [1.807, 2.05) is 0 Å². The van der Waals surface area contributed by atoms with Gasteiger partial charge in [0.25, 0.3) is 0 Å². The van der Waals surface area contributed by atoms with Gasteiger partial charge in [0.2, 0.25) is 10.0 Å². The van der Waals surface area contributed by atoms with E-state index in [1.54, 1.807) is 13.0 Å². The van der Waals surface area contributed by atoms with E-state index in [0.29, 0.717) is 34.7 Å². The lowest BCUT2D eigenvalue weighted by Gasteiger charge is -2.13. The lowest BCUT2D eigenvalue weighted by molar-refractivity contribution is 0.184. The highest BCUT2D eigenvalue weighted by Crippen LogP contribution is 2.26. The van der Waals surface area contributed by atoms with Crippen molar-refractivity contribution in [3.63, 3.8) is 0 Å². The summed E-state index contributed by atoms with van der Waals surface area (Å²) in [5.74, 6) is 0.435. The molecule has 0 amide bonds. The Kier molecular flexibility index (Phi) is 5.79. The number of rotatable bonds is 6. The van der Waals surface area contributed by atoms with Gasteiger partial charge in [0.1, 0.15) is 0 Å². The van der Waals surface area contributed by atoms with Gasteiger partial charge < -0.3 is 9.84 Å². The summed E-state index contributed by atoms with van der Waals surface area (Å²) in [7, 11) is -3.57. The third-order valence-corrected chi connectivity index (χ3v) is 6.11. The maximum Gasteiger partial charge on any atom is 0.240 e. The lowest BCUT2D eigenvalue weighted by atomic mass is 10.1. The first-order valence-corrected chi connectivity index (χ1v) is 9.19. The SMILES string of the molecule is Cc1c(Br)cc(CO)cc1S(=O)(=O)NCCC1CCOC1. The fourth-order valence-corrected chi connectivity index (χ4v) is 4.36. The summed E-state index contributed by atoms with van der Waals surface area (Å²) in [6, 6.07) is 3.24. The minimum absolute atomic E-state index is 0.194. The van der Waals surface area contributed by atoms with Crippen LogP contribution in [0.25, 0.3) is 0 Å². The van der Waals surface area contributed by atoms with Crippen molar-refractivity contribution in [3.05, 3.63) is 27.7 Å². The van der Waals surface area contributed by atoms with Gasteiger partial charge in [-0.2, -0.15) is 0 Å². The van der Waals surface area contributed by atoms with Crippen LogP contribution in [0, 0.1) is 12.8 Å². The van der Waals surface area contributed by atoms with Gasteiger partial charge in [-0.05, 0) is 48.9 Å². The lowest BCUT2D eigenvalue weighted by Crippen LogP contribution is -2.27. The number of sulfonamides is 1. The predicted octanol–water partition coefficient (Wildman–Crippen LogP) is 1.95. The maximum atomic E-state index is 12.4. The van der Waals surface area contributed by atoms with Gasteiger partial charge >= 0.3 is 0 Å². The third-order valence-electron chi connectivity index (χ3n) is 3.70. The highest BCUT2D eigenvalue weighted by molar-refractivity contribution is 9.10. The molecule has 1 aliphatic rings.